The Morgan fingerprint density at radius 3 is 1.55 bits per heavy atom. The van der Waals surface area contributed by atoms with Gasteiger partial charge in [-0.2, -0.15) is 0 Å². The fraction of sp³-hybridized carbons (Fsp3) is 0.889. The monoisotopic (exact) mass is 157 g/mol. The quantitative estimate of drug-likeness (QED) is 0.515. The predicted octanol–water partition coefficient (Wildman–Crippen LogP) is 3.07. The molecule has 0 aromatic carbocycles. The number of hydrogen-bond acceptors (Lipinski definition) is 0. The van der Waals surface area contributed by atoms with Crippen LogP contribution in [0.4, 0.5) is 4.39 Å². The largest absolute Gasteiger partial charge is 0.310 e. The van der Waals surface area contributed by atoms with E-state index >= 15 is 0 Å². The van der Waals surface area contributed by atoms with Gasteiger partial charge in [-0.25, -0.2) is 11.0 Å². The Hall–Kier alpha value is -0.580. The number of alkyl halides is 1. The van der Waals surface area contributed by atoms with Gasteiger partial charge in [0, 0.05) is 5.41 Å². The molecule has 0 aliphatic heterocycles. The van der Waals surface area contributed by atoms with Gasteiger partial charge in [-0.1, -0.05) is 20.8 Å². The molecule has 0 heterocycles. The van der Waals surface area contributed by atoms with E-state index < -0.39 is 11.7 Å². The lowest BCUT2D eigenvalue weighted by atomic mass is 9.79. The maximum atomic E-state index is 13.3. The van der Waals surface area contributed by atoms with Gasteiger partial charge in [-0.3, -0.25) is 0 Å². The van der Waals surface area contributed by atoms with Crippen LogP contribution in [0.1, 0.15) is 34.6 Å². The van der Waals surface area contributed by atoms with Crippen LogP contribution in [0, 0.1) is 12.0 Å². The molecule has 0 aliphatic carbocycles. The highest BCUT2D eigenvalue weighted by Crippen LogP contribution is 2.32. The molecule has 0 fully saturated rings. The molecule has 0 amide bonds. The number of nitrogens with zero attached hydrogens (tertiary/aromatic N) is 1. The fourth-order valence-corrected chi connectivity index (χ4v) is 1.38. The summed E-state index contributed by atoms with van der Waals surface area (Å²) in [5.74, 6) is 0. The average molecular weight is 157 g/mol. The van der Waals surface area contributed by atoms with Crippen molar-refractivity contribution in [2.45, 2.75) is 46.3 Å². The predicted molar refractivity (Wildman–Crippen MR) is 45.0 cm³/mol. The van der Waals surface area contributed by atoms with E-state index in [0.717, 1.165) is 0 Å². The molecular formula is C9H16FN. The van der Waals surface area contributed by atoms with Crippen LogP contribution in [0.25, 0.3) is 4.85 Å². The number of halogens is 1. The van der Waals surface area contributed by atoms with Gasteiger partial charge in [0.15, 0.2) is 5.67 Å². The summed E-state index contributed by atoms with van der Waals surface area (Å²) in [4.78, 5) is 3.31. The molecule has 0 rings (SSSR count). The first-order valence-corrected chi connectivity index (χ1v) is 3.75. The lowest BCUT2D eigenvalue weighted by Crippen LogP contribution is -2.39. The Bertz CT molecular complexity index is 151. The minimum Gasteiger partial charge on any atom is -0.310 e. The summed E-state index contributed by atoms with van der Waals surface area (Å²) in [6, 6.07) is -0.560. The topological polar surface area (TPSA) is 4.36 Å². The average Bonchev–Trinajstić information content (AvgIpc) is 1.56. The van der Waals surface area contributed by atoms with Gasteiger partial charge in [0.25, 0.3) is 6.04 Å². The zero-order valence-corrected chi connectivity index (χ0v) is 7.90. The summed E-state index contributed by atoms with van der Waals surface area (Å²) >= 11 is 0. The van der Waals surface area contributed by atoms with E-state index in [-0.39, 0.29) is 5.41 Å². The molecular weight excluding hydrogens is 141 g/mol. The van der Waals surface area contributed by atoms with Gasteiger partial charge in [0.1, 0.15) is 0 Å². The minimum absolute atomic E-state index is 0.278. The molecule has 0 N–H and O–H groups in total. The summed E-state index contributed by atoms with van der Waals surface area (Å²) in [5.41, 5.74) is -1.68. The van der Waals surface area contributed by atoms with Gasteiger partial charge in [0.2, 0.25) is 0 Å². The Kier molecular flexibility index (Phi) is 2.66. The van der Waals surface area contributed by atoms with E-state index in [2.05, 4.69) is 4.85 Å². The minimum atomic E-state index is -1.40. The molecule has 2 heteroatoms. The van der Waals surface area contributed by atoms with E-state index in [1.165, 1.54) is 13.8 Å². The van der Waals surface area contributed by atoms with Crippen molar-refractivity contribution in [2.75, 3.05) is 0 Å². The third kappa shape index (κ3) is 2.88. The van der Waals surface area contributed by atoms with Crippen molar-refractivity contribution in [3.05, 3.63) is 11.4 Å². The Balaban J connectivity index is 4.60. The maximum absolute atomic E-state index is 13.3. The first-order chi connectivity index (χ1) is 4.69. The third-order valence-corrected chi connectivity index (χ3v) is 1.60. The molecule has 11 heavy (non-hydrogen) atoms. The molecule has 0 aromatic rings. The molecule has 1 nitrogen and oxygen atoms in total. The van der Waals surface area contributed by atoms with Gasteiger partial charge in [-0.15, -0.1) is 0 Å². The molecule has 0 radical (unpaired) electrons. The third-order valence-electron chi connectivity index (χ3n) is 1.60. The summed E-state index contributed by atoms with van der Waals surface area (Å²) in [6.07, 6.45) is 0. The van der Waals surface area contributed by atoms with Gasteiger partial charge in [0.05, 0.1) is 0 Å². The van der Waals surface area contributed by atoms with Crippen molar-refractivity contribution in [3.8, 4) is 0 Å². The summed E-state index contributed by atoms with van der Waals surface area (Å²) in [7, 11) is 0. The molecule has 0 aliphatic rings. The van der Waals surface area contributed by atoms with E-state index in [1.807, 2.05) is 20.8 Å². The Morgan fingerprint density at radius 2 is 1.55 bits per heavy atom. The molecule has 0 bridgehead atoms. The molecule has 0 saturated carbocycles. The highest BCUT2D eigenvalue weighted by atomic mass is 19.1. The molecule has 0 saturated heterocycles. The molecule has 0 aromatic heterocycles. The zero-order valence-electron chi connectivity index (χ0n) is 7.90. The molecule has 1 atom stereocenters. The van der Waals surface area contributed by atoms with Crippen LogP contribution in [0.3, 0.4) is 0 Å². The van der Waals surface area contributed by atoms with Crippen molar-refractivity contribution < 1.29 is 4.39 Å². The van der Waals surface area contributed by atoms with Gasteiger partial charge in [-0.05, 0) is 13.8 Å². The van der Waals surface area contributed by atoms with Crippen molar-refractivity contribution in [3.63, 3.8) is 0 Å². The maximum Gasteiger partial charge on any atom is 0.261 e. The summed E-state index contributed by atoms with van der Waals surface area (Å²) < 4.78 is 13.3. The Labute approximate surface area is 68.4 Å². The molecule has 64 valence electrons. The van der Waals surface area contributed by atoms with Gasteiger partial charge >= 0.3 is 0 Å². The second-order valence-electron chi connectivity index (χ2n) is 4.46. The van der Waals surface area contributed by atoms with E-state index in [0.29, 0.717) is 0 Å². The highest BCUT2D eigenvalue weighted by molar-refractivity contribution is 5.00. The van der Waals surface area contributed by atoms with Crippen LogP contribution < -0.4 is 0 Å². The van der Waals surface area contributed by atoms with Crippen molar-refractivity contribution in [2.24, 2.45) is 5.41 Å². The van der Waals surface area contributed by atoms with Crippen molar-refractivity contribution >= 4 is 0 Å². The standard InChI is InChI=1S/C9H16FN/c1-8(2,3)7(11-6)9(4,5)10/h7H,1-5H3. The van der Waals surface area contributed by atoms with Gasteiger partial charge < -0.3 is 4.85 Å². The van der Waals surface area contributed by atoms with Crippen LogP contribution in [0.2, 0.25) is 0 Å². The van der Waals surface area contributed by atoms with Crippen LogP contribution >= 0.6 is 0 Å². The second-order valence-corrected chi connectivity index (χ2v) is 4.46. The summed E-state index contributed by atoms with van der Waals surface area (Å²) in [6.45, 7) is 15.4. The number of rotatable bonds is 1. The number of hydrogen-bond donors (Lipinski definition) is 0. The van der Waals surface area contributed by atoms with E-state index in [1.54, 1.807) is 0 Å². The lowest BCUT2D eigenvalue weighted by Gasteiger charge is -2.27. The molecule has 1 unspecified atom stereocenters. The Morgan fingerprint density at radius 1 is 1.18 bits per heavy atom. The van der Waals surface area contributed by atoms with Crippen LogP contribution in [0.15, 0.2) is 0 Å². The fourth-order valence-electron chi connectivity index (χ4n) is 1.38. The van der Waals surface area contributed by atoms with Crippen LogP contribution in [-0.2, 0) is 0 Å². The van der Waals surface area contributed by atoms with E-state index in [4.69, 9.17) is 6.57 Å². The normalized spacial score (nSPS) is 15.7. The van der Waals surface area contributed by atoms with Crippen LogP contribution in [0.5, 0.6) is 0 Å². The van der Waals surface area contributed by atoms with Crippen LogP contribution in [-0.4, -0.2) is 11.7 Å². The first kappa shape index (κ1) is 10.4. The summed E-state index contributed by atoms with van der Waals surface area (Å²) in [5, 5.41) is 0. The highest BCUT2D eigenvalue weighted by Gasteiger charge is 2.44. The first-order valence-electron chi connectivity index (χ1n) is 3.75. The molecule has 0 spiro atoms. The lowest BCUT2D eigenvalue weighted by molar-refractivity contribution is 0.126. The SMILES string of the molecule is [C-]#[N+]C(C(C)(C)C)C(C)(C)F. The smallest absolute Gasteiger partial charge is 0.261 e. The zero-order chi connectivity index (χ0) is 9.28. The second kappa shape index (κ2) is 2.81. The van der Waals surface area contributed by atoms with E-state index in [9.17, 15) is 4.39 Å². The van der Waals surface area contributed by atoms with Crippen molar-refractivity contribution in [1.82, 2.24) is 0 Å². The van der Waals surface area contributed by atoms with Crippen molar-refractivity contribution in [1.29, 1.82) is 0 Å².